The molecule has 0 spiro atoms. The Balaban J connectivity index is 1.85. The highest BCUT2D eigenvalue weighted by Crippen LogP contribution is 2.28. The van der Waals surface area contributed by atoms with Gasteiger partial charge in [-0.25, -0.2) is 4.98 Å². The fraction of sp³-hybridized carbons (Fsp3) is 0.400. The number of benzene rings is 1. The Labute approximate surface area is 112 Å². The third-order valence-electron chi connectivity index (χ3n) is 3.03. The maximum absolute atomic E-state index is 10.2. The second-order valence-electron chi connectivity index (χ2n) is 4.58. The van der Waals surface area contributed by atoms with Crippen LogP contribution < -0.4 is 0 Å². The first-order chi connectivity index (χ1) is 8.66. The van der Waals surface area contributed by atoms with E-state index in [1.54, 1.807) is 11.3 Å². The highest BCUT2D eigenvalue weighted by atomic mass is 32.1. The fourth-order valence-electron chi connectivity index (χ4n) is 2.13. The highest BCUT2D eigenvalue weighted by Gasteiger charge is 2.14. The van der Waals surface area contributed by atoms with E-state index in [-0.39, 0.29) is 6.10 Å². The van der Waals surface area contributed by atoms with Crippen molar-refractivity contribution >= 4 is 11.3 Å². The van der Waals surface area contributed by atoms with Crippen LogP contribution in [0.1, 0.15) is 40.1 Å². The molecular formula is C15H19NOS. The van der Waals surface area contributed by atoms with Gasteiger partial charge in [-0.15, -0.1) is 11.3 Å². The zero-order valence-corrected chi connectivity index (χ0v) is 11.7. The molecule has 2 rings (SSSR count). The van der Waals surface area contributed by atoms with Crippen molar-refractivity contribution in [1.29, 1.82) is 0 Å². The standard InChI is InChI=1S/C15H19NOS/c1-11-15(18-12(2)16-11)14(17)10-6-9-13-7-4-3-5-8-13/h3-5,7-8,14,17H,6,9-10H2,1-2H3. The van der Waals surface area contributed by atoms with Crippen LogP contribution in [0.5, 0.6) is 0 Å². The molecule has 18 heavy (non-hydrogen) atoms. The van der Waals surface area contributed by atoms with Crippen molar-refractivity contribution in [1.82, 2.24) is 4.98 Å². The molecule has 0 saturated carbocycles. The molecule has 0 fully saturated rings. The van der Waals surface area contributed by atoms with Gasteiger partial charge < -0.3 is 5.11 Å². The smallest absolute Gasteiger partial charge is 0.0901 e. The summed E-state index contributed by atoms with van der Waals surface area (Å²) in [4.78, 5) is 5.39. The molecule has 0 aliphatic carbocycles. The molecule has 1 unspecified atom stereocenters. The topological polar surface area (TPSA) is 33.1 Å². The number of rotatable bonds is 5. The Kier molecular flexibility index (Phi) is 4.50. The number of aliphatic hydroxyl groups is 1. The fourth-order valence-corrected chi connectivity index (χ4v) is 3.08. The first kappa shape index (κ1) is 13.2. The van der Waals surface area contributed by atoms with Gasteiger partial charge in [-0.1, -0.05) is 30.3 Å². The van der Waals surface area contributed by atoms with E-state index < -0.39 is 0 Å². The number of aryl methyl sites for hydroxylation is 3. The van der Waals surface area contributed by atoms with Crippen LogP contribution in [0.3, 0.4) is 0 Å². The van der Waals surface area contributed by atoms with Crippen molar-refractivity contribution in [2.75, 3.05) is 0 Å². The summed E-state index contributed by atoms with van der Waals surface area (Å²) in [6, 6.07) is 10.4. The van der Waals surface area contributed by atoms with Crippen molar-refractivity contribution in [3.05, 3.63) is 51.5 Å². The molecular weight excluding hydrogens is 242 g/mol. The predicted octanol–water partition coefficient (Wildman–Crippen LogP) is 3.82. The van der Waals surface area contributed by atoms with Gasteiger partial charge in [0, 0.05) is 0 Å². The third kappa shape index (κ3) is 3.40. The SMILES string of the molecule is Cc1nc(C)c(C(O)CCCc2ccccc2)s1. The number of aromatic nitrogens is 1. The minimum absolute atomic E-state index is 0.361. The summed E-state index contributed by atoms with van der Waals surface area (Å²) >= 11 is 1.61. The predicted molar refractivity (Wildman–Crippen MR) is 75.9 cm³/mol. The van der Waals surface area contributed by atoms with E-state index >= 15 is 0 Å². The Bertz CT molecular complexity index is 492. The van der Waals surface area contributed by atoms with E-state index in [4.69, 9.17) is 0 Å². The molecule has 1 aromatic heterocycles. The molecule has 2 nitrogen and oxygen atoms in total. The van der Waals surface area contributed by atoms with E-state index in [1.165, 1.54) is 5.56 Å². The van der Waals surface area contributed by atoms with Crippen LogP contribution in [0.15, 0.2) is 30.3 Å². The van der Waals surface area contributed by atoms with E-state index in [0.717, 1.165) is 34.8 Å². The lowest BCUT2D eigenvalue weighted by Crippen LogP contribution is -1.98. The number of hydrogen-bond donors (Lipinski definition) is 1. The largest absolute Gasteiger partial charge is 0.388 e. The van der Waals surface area contributed by atoms with Gasteiger partial charge in [-0.05, 0) is 38.7 Å². The third-order valence-corrected chi connectivity index (χ3v) is 4.20. The zero-order valence-electron chi connectivity index (χ0n) is 10.9. The molecule has 0 saturated heterocycles. The molecule has 0 bridgehead atoms. The Morgan fingerprint density at radius 3 is 2.56 bits per heavy atom. The minimum atomic E-state index is -0.361. The van der Waals surface area contributed by atoms with Gasteiger partial charge in [0.05, 0.1) is 21.7 Å². The Morgan fingerprint density at radius 2 is 1.94 bits per heavy atom. The first-order valence-electron chi connectivity index (χ1n) is 6.32. The summed E-state index contributed by atoms with van der Waals surface area (Å²) in [6.07, 6.45) is 2.47. The van der Waals surface area contributed by atoms with Crippen molar-refractivity contribution in [2.24, 2.45) is 0 Å². The van der Waals surface area contributed by atoms with Crippen LogP contribution in [0, 0.1) is 13.8 Å². The van der Waals surface area contributed by atoms with E-state index in [0.29, 0.717) is 0 Å². The van der Waals surface area contributed by atoms with E-state index in [9.17, 15) is 5.11 Å². The maximum Gasteiger partial charge on any atom is 0.0901 e. The van der Waals surface area contributed by atoms with Crippen LogP contribution in [-0.2, 0) is 6.42 Å². The monoisotopic (exact) mass is 261 g/mol. The first-order valence-corrected chi connectivity index (χ1v) is 7.14. The van der Waals surface area contributed by atoms with Crippen LogP contribution in [0.4, 0.5) is 0 Å². The van der Waals surface area contributed by atoms with Gasteiger partial charge in [0.15, 0.2) is 0 Å². The zero-order chi connectivity index (χ0) is 13.0. The summed E-state index contributed by atoms with van der Waals surface area (Å²) in [7, 11) is 0. The van der Waals surface area contributed by atoms with Gasteiger partial charge >= 0.3 is 0 Å². The van der Waals surface area contributed by atoms with E-state index in [1.807, 2.05) is 19.9 Å². The van der Waals surface area contributed by atoms with Crippen LogP contribution in [0.2, 0.25) is 0 Å². The average molecular weight is 261 g/mol. The molecule has 2 aromatic rings. The summed E-state index contributed by atoms with van der Waals surface area (Å²) < 4.78 is 0. The van der Waals surface area contributed by atoms with Crippen LogP contribution >= 0.6 is 11.3 Å². The van der Waals surface area contributed by atoms with Crippen LogP contribution in [0.25, 0.3) is 0 Å². The van der Waals surface area contributed by atoms with Crippen LogP contribution in [-0.4, -0.2) is 10.1 Å². The molecule has 1 heterocycles. The lowest BCUT2D eigenvalue weighted by atomic mass is 10.0. The summed E-state index contributed by atoms with van der Waals surface area (Å²) in [5.74, 6) is 0. The number of thiazole rings is 1. The number of aliphatic hydroxyl groups excluding tert-OH is 1. The molecule has 0 aliphatic rings. The second-order valence-corrected chi connectivity index (χ2v) is 5.81. The summed E-state index contributed by atoms with van der Waals surface area (Å²) in [6.45, 7) is 3.96. The molecule has 1 atom stereocenters. The van der Waals surface area contributed by atoms with Crippen molar-refractivity contribution in [3.63, 3.8) is 0 Å². The van der Waals surface area contributed by atoms with Gasteiger partial charge in [0.25, 0.3) is 0 Å². The molecule has 3 heteroatoms. The molecule has 0 amide bonds. The average Bonchev–Trinajstić information content (AvgIpc) is 2.70. The van der Waals surface area contributed by atoms with Crippen molar-refractivity contribution in [2.45, 2.75) is 39.2 Å². The van der Waals surface area contributed by atoms with Crippen molar-refractivity contribution < 1.29 is 5.11 Å². The van der Waals surface area contributed by atoms with Gasteiger partial charge in [-0.3, -0.25) is 0 Å². The molecule has 1 N–H and O–H groups in total. The quantitative estimate of drug-likeness (QED) is 0.887. The summed E-state index contributed by atoms with van der Waals surface area (Å²) in [5, 5.41) is 11.2. The normalized spacial score (nSPS) is 12.6. The summed E-state index contributed by atoms with van der Waals surface area (Å²) in [5.41, 5.74) is 2.31. The van der Waals surface area contributed by atoms with Crippen molar-refractivity contribution in [3.8, 4) is 0 Å². The lowest BCUT2D eigenvalue weighted by Gasteiger charge is -2.09. The second kappa shape index (κ2) is 6.12. The Hall–Kier alpha value is -1.19. The molecule has 0 radical (unpaired) electrons. The lowest BCUT2D eigenvalue weighted by molar-refractivity contribution is 0.167. The van der Waals surface area contributed by atoms with Gasteiger partial charge in [-0.2, -0.15) is 0 Å². The molecule has 96 valence electrons. The molecule has 1 aromatic carbocycles. The highest BCUT2D eigenvalue weighted by molar-refractivity contribution is 7.11. The van der Waals surface area contributed by atoms with E-state index in [2.05, 4.69) is 29.2 Å². The van der Waals surface area contributed by atoms with Gasteiger partial charge in [0.2, 0.25) is 0 Å². The number of nitrogens with zero attached hydrogens (tertiary/aromatic N) is 1. The van der Waals surface area contributed by atoms with Gasteiger partial charge in [0.1, 0.15) is 0 Å². The number of hydrogen-bond acceptors (Lipinski definition) is 3. The maximum atomic E-state index is 10.2. The minimum Gasteiger partial charge on any atom is -0.388 e. The molecule has 0 aliphatic heterocycles. The Morgan fingerprint density at radius 1 is 1.22 bits per heavy atom.